The van der Waals surface area contributed by atoms with Gasteiger partial charge in [0.05, 0.1) is 36.1 Å². The predicted octanol–water partition coefficient (Wildman–Crippen LogP) is 3.89. The molecule has 1 aromatic heterocycles. The average molecular weight is 512 g/mol. The van der Waals surface area contributed by atoms with Gasteiger partial charge in [0, 0.05) is 5.69 Å². The molecule has 0 fully saturated rings. The summed E-state index contributed by atoms with van der Waals surface area (Å²) in [5.74, 6) is 1.12. The maximum atomic E-state index is 13.8. The number of para-hydroxylation sites is 1. The molecule has 0 bridgehead atoms. The van der Waals surface area contributed by atoms with Crippen LogP contribution in [0.1, 0.15) is 24.1 Å². The molecule has 37 heavy (non-hydrogen) atoms. The molecule has 0 unspecified atom stereocenters. The highest BCUT2D eigenvalue weighted by molar-refractivity contribution is 7.07. The molecule has 186 valence electrons. The molecule has 1 amide bonds. The number of thiazole rings is 1. The average Bonchev–Trinajstić information content (AvgIpc) is 3.23. The van der Waals surface area contributed by atoms with Gasteiger partial charge in [-0.1, -0.05) is 53.8 Å². The fourth-order valence-corrected chi connectivity index (χ4v) is 5.33. The summed E-state index contributed by atoms with van der Waals surface area (Å²) in [5.41, 5.74) is 3.08. The first kappa shape index (κ1) is 24.3. The number of methoxy groups -OCH3 is 2. The van der Waals surface area contributed by atoms with Gasteiger partial charge in [-0.3, -0.25) is 14.2 Å². The molecule has 1 N–H and O–H groups in total. The van der Waals surface area contributed by atoms with Crippen molar-refractivity contribution in [2.75, 3.05) is 19.5 Å². The molecule has 7 nitrogen and oxygen atoms in total. The summed E-state index contributed by atoms with van der Waals surface area (Å²) in [5, 5.41) is 2.96. The number of fused-ring (bicyclic) bond motifs is 1. The fourth-order valence-electron chi connectivity index (χ4n) is 4.28. The number of nitrogens with zero attached hydrogens (tertiary/aromatic N) is 2. The number of aromatic nitrogens is 1. The van der Waals surface area contributed by atoms with Crippen LogP contribution in [0.3, 0.4) is 0 Å². The second kappa shape index (κ2) is 10.3. The number of carbonyl (C=O) groups is 1. The summed E-state index contributed by atoms with van der Waals surface area (Å²) in [6, 6.07) is 23.4. The van der Waals surface area contributed by atoms with Crippen molar-refractivity contribution in [1.29, 1.82) is 0 Å². The van der Waals surface area contributed by atoms with Crippen LogP contribution in [0, 0.1) is 0 Å². The van der Waals surface area contributed by atoms with Crippen molar-refractivity contribution in [2.45, 2.75) is 13.0 Å². The van der Waals surface area contributed by atoms with Crippen molar-refractivity contribution in [1.82, 2.24) is 4.57 Å². The number of anilines is 1. The van der Waals surface area contributed by atoms with Gasteiger partial charge in [-0.2, -0.15) is 0 Å². The third-order valence-electron chi connectivity index (χ3n) is 6.14. The van der Waals surface area contributed by atoms with Crippen LogP contribution in [-0.2, 0) is 4.79 Å². The van der Waals surface area contributed by atoms with Gasteiger partial charge >= 0.3 is 0 Å². The Labute approximate surface area is 217 Å². The van der Waals surface area contributed by atoms with Crippen LogP contribution < -0.4 is 29.7 Å². The summed E-state index contributed by atoms with van der Waals surface area (Å²) in [6.07, 6.45) is 1.83. The zero-order chi connectivity index (χ0) is 25.9. The maximum absolute atomic E-state index is 13.8. The summed E-state index contributed by atoms with van der Waals surface area (Å²) in [6.45, 7) is 1.80. The third kappa shape index (κ3) is 4.83. The molecule has 0 saturated carbocycles. The number of allylic oxidation sites excluding steroid dienone is 1. The van der Waals surface area contributed by atoms with Crippen molar-refractivity contribution < 1.29 is 14.3 Å². The number of hydrogen-bond acceptors (Lipinski definition) is 6. The second-order valence-electron chi connectivity index (χ2n) is 8.45. The van der Waals surface area contributed by atoms with Crippen molar-refractivity contribution >= 4 is 29.0 Å². The van der Waals surface area contributed by atoms with E-state index in [9.17, 15) is 9.59 Å². The lowest BCUT2D eigenvalue weighted by Crippen LogP contribution is -2.40. The van der Waals surface area contributed by atoms with E-state index in [1.807, 2.05) is 84.9 Å². The van der Waals surface area contributed by atoms with Crippen LogP contribution in [0.4, 0.5) is 5.69 Å². The molecule has 1 aliphatic heterocycles. The number of benzene rings is 3. The number of nitrogens with one attached hydrogen (secondary N) is 1. The maximum Gasteiger partial charge on any atom is 0.271 e. The monoisotopic (exact) mass is 511 g/mol. The number of ether oxygens (including phenoxy) is 2. The molecule has 4 aromatic rings. The molecule has 3 aromatic carbocycles. The van der Waals surface area contributed by atoms with Crippen LogP contribution in [0.15, 0.2) is 99.9 Å². The number of rotatable bonds is 6. The minimum Gasteiger partial charge on any atom is -0.497 e. The van der Waals surface area contributed by atoms with Crippen LogP contribution in [0.5, 0.6) is 11.5 Å². The Kier molecular flexibility index (Phi) is 6.74. The molecule has 8 heteroatoms. The van der Waals surface area contributed by atoms with Crippen LogP contribution in [0.25, 0.3) is 6.08 Å². The van der Waals surface area contributed by atoms with Crippen LogP contribution in [0.2, 0.25) is 0 Å². The Balaban J connectivity index is 1.65. The Morgan fingerprint density at radius 3 is 2.19 bits per heavy atom. The van der Waals surface area contributed by atoms with Gasteiger partial charge in [-0.05, 0) is 60.5 Å². The molecular formula is C29H25N3O4S. The van der Waals surface area contributed by atoms with Crippen LogP contribution >= 0.6 is 11.3 Å². The lowest BCUT2D eigenvalue weighted by Gasteiger charge is -2.25. The van der Waals surface area contributed by atoms with Gasteiger partial charge < -0.3 is 14.8 Å². The Hall–Kier alpha value is -4.43. The lowest BCUT2D eigenvalue weighted by atomic mass is 9.95. The normalized spacial score (nSPS) is 15.1. The number of hydrogen-bond donors (Lipinski definition) is 1. The van der Waals surface area contributed by atoms with Crippen molar-refractivity contribution in [3.05, 3.63) is 121 Å². The lowest BCUT2D eigenvalue weighted by molar-refractivity contribution is -0.113. The molecule has 0 aliphatic carbocycles. The smallest absolute Gasteiger partial charge is 0.271 e. The van der Waals surface area contributed by atoms with E-state index >= 15 is 0 Å². The van der Waals surface area contributed by atoms with E-state index in [1.54, 1.807) is 25.7 Å². The largest absolute Gasteiger partial charge is 0.497 e. The van der Waals surface area contributed by atoms with Gasteiger partial charge in [0.1, 0.15) is 11.5 Å². The van der Waals surface area contributed by atoms with E-state index in [-0.39, 0.29) is 11.5 Å². The molecule has 5 rings (SSSR count). The van der Waals surface area contributed by atoms with E-state index in [2.05, 4.69) is 10.3 Å². The highest BCUT2D eigenvalue weighted by atomic mass is 32.1. The summed E-state index contributed by atoms with van der Waals surface area (Å²) in [7, 11) is 3.21. The molecule has 0 radical (unpaired) electrons. The quantitative estimate of drug-likeness (QED) is 0.426. The van der Waals surface area contributed by atoms with Gasteiger partial charge in [-0.15, -0.1) is 0 Å². The third-order valence-corrected chi connectivity index (χ3v) is 7.13. The van der Waals surface area contributed by atoms with Gasteiger partial charge in [0.25, 0.3) is 11.5 Å². The molecule has 1 aliphatic rings. The molecule has 0 spiro atoms. The fraction of sp³-hybridized carbons (Fsp3) is 0.138. The van der Waals surface area contributed by atoms with E-state index in [1.165, 1.54) is 11.3 Å². The molecular weight excluding hydrogens is 486 g/mol. The minimum absolute atomic E-state index is 0.210. The first-order valence-corrected chi connectivity index (χ1v) is 12.5. The summed E-state index contributed by atoms with van der Waals surface area (Å²) in [4.78, 5) is 32.6. The standard InChI is InChI=1S/C29H25N3O4S/c1-18-25(27(33)31-21-7-5-4-6-8-21)26(20-11-15-23(36-3)16-12-20)32-28(34)24(37-29(32)30-18)17-19-9-13-22(35-2)14-10-19/h4-17,26H,1-3H3,(H,31,33)/b24-17+/t26-/m1/s1. The van der Waals surface area contributed by atoms with Gasteiger partial charge in [0.15, 0.2) is 4.80 Å². The first-order chi connectivity index (χ1) is 18.0. The SMILES string of the molecule is COc1ccc(/C=c2/sc3n(c2=O)[C@H](c2ccc(OC)cc2)C(C(=O)Nc2ccccc2)=C(C)N=3)cc1. The summed E-state index contributed by atoms with van der Waals surface area (Å²) < 4.78 is 12.7. The van der Waals surface area contributed by atoms with Crippen molar-refractivity contribution in [2.24, 2.45) is 4.99 Å². The number of amides is 1. The van der Waals surface area contributed by atoms with Gasteiger partial charge in [-0.25, -0.2) is 4.99 Å². The van der Waals surface area contributed by atoms with Crippen molar-refractivity contribution in [3.63, 3.8) is 0 Å². The highest BCUT2D eigenvalue weighted by Gasteiger charge is 2.32. The molecule has 1 atom stereocenters. The summed E-state index contributed by atoms with van der Waals surface area (Å²) >= 11 is 1.30. The Bertz CT molecular complexity index is 1650. The molecule has 2 heterocycles. The highest BCUT2D eigenvalue weighted by Crippen LogP contribution is 2.31. The Morgan fingerprint density at radius 1 is 0.946 bits per heavy atom. The first-order valence-electron chi connectivity index (χ1n) is 11.7. The minimum atomic E-state index is -0.649. The van der Waals surface area contributed by atoms with E-state index in [4.69, 9.17) is 9.47 Å². The Morgan fingerprint density at radius 2 is 1.57 bits per heavy atom. The number of carbonyl (C=O) groups excluding carboxylic acids is 1. The second-order valence-corrected chi connectivity index (χ2v) is 9.46. The van der Waals surface area contributed by atoms with Crippen LogP contribution in [-0.4, -0.2) is 24.7 Å². The van der Waals surface area contributed by atoms with Gasteiger partial charge in [0.2, 0.25) is 0 Å². The van der Waals surface area contributed by atoms with Crippen molar-refractivity contribution in [3.8, 4) is 11.5 Å². The zero-order valence-corrected chi connectivity index (χ0v) is 21.4. The molecule has 0 saturated heterocycles. The van der Waals surface area contributed by atoms with E-state index in [0.717, 1.165) is 16.9 Å². The zero-order valence-electron chi connectivity index (χ0n) is 20.6. The van der Waals surface area contributed by atoms with E-state index in [0.29, 0.717) is 32.0 Å². The van der Waals surface area contributed by atoms with E-state index < -0.39 is 6.04 Å². The topological polar surface area (TPSA) is 81.9 Å². The predicted molar refractivity (Wildman–Crippen MR) is 145 cm³/mol.